The summed E-state index contributed by atoms with van der Waals surface area (Å²) in [4.78, 5) is 23.1. The zero-order chi connectivity index (χ0) is 14.4. The molecule has 18 heavy (non-hydrogen) atoms. The summed E-state index contributed by atoms with van der Waals surface area (Å²) >= 11 is 0. The molecule has 0 bridgehead atoms. The minimum absolute atomic E-state index is 0.226. The third-order valence-corrected chi connectivity index (χ3v) is 3.39. The molecule has 0 fully saturated rings. The quantitative estimate of drug-likeness (QED) is 0.492. The molecule has 0 N–H and O–H groups in total. The molecule has 4 nitrogen and oxygen atoms in total. The van der Waals surface area contributed by atoms with Crippen LogP contribution in [0.3, 0.4) is 0 Å². The Morgan fingerprint density at radius 3 is 2.11 bits per heavy atom. The Balaban J connectivity index is 4.62. The van der Waals surface area contributed by atoms with Crippen LogP contribution < -0.4 is 5.11 Å². The number of carbonyl (C=O) groups excluding carboxylic acids is 2. The third kappa shape index (κ3) is 4.67. The fourth-order valence-corrected chi connectivity index (χ4v) is 1.89. The van der Waals surface area contributed by atoms with Gasteiger partial charge in [0.25, 0.3) is 0 Å². The van der Waals surface area contributed by atoms with Crippen molar-refractivity contribution in [1.82, 2.24) is 0 Å². The lowest BCUT2D eigenvalue weighted by atomic mass is 9.72. The minimum atomic E-state index is -1.11. The lowest BCUT2D eigenvalue weighted by molar-refractivity contribution is -0.319. The highest BCUT2D eigenvalue weighted by Gasteiger charge is 2.38. The first-order valence-electron chi connectivity index (χ1n) is 6.58. The Kier molecular flexibility index (Phi) is 6.36. The Labute approximate surface area is 110 Å². The topological polar surface area (TPSA) is 66.4 Å². The molecular formula is C14H25O4-. The first-order valence-corrected chi connectivity index (χ1v) is 6.58. The number of carboxylic acid groups (broad SMARTS) is 1. The van der Waals surface area contributed by atoms with Crippen LogP contribution in [-0.4, -0.2) is 18.5 Å². The molecule has 0 saturated carbocycles. The zero-order valence-corrected chi connectivity index (χ0v) is 12.2. The largest absolute Gasteiger partial charge is 0.550 e. The van der Waals surface area contributed by atoms with Crippen LogP contribution in [0.25, 0.3) is 0 Å². The van der Waals surface area contributed by atoms with E-state index >= 15 is 0 Å². The van der Waals surface area contributed by atoms with Gasteiger partial charge in [-0.15, -0.1) is 0 Å². The second-order valence-electron chi connectivity index (χ2n) is 5.75. The van der Waals surface area contributed by atoms with Gasteiger partial charge in [-0.3, -0.25) is 4.79 Å². The van der Waals surface area contributed by atoms with E-state index in [9.17, 15) is 14.7 Å². The van der Waals surface area contributed by atoms with Crippen LogP contribution in [0.1, 0.15) is 60.3 Å². The maximum atomic E-state index is 11.9. The minimum Gasteiger partial charge on any atom is -0.550 e. The molecule has 106 valence electrons. The molecule has 0 rings (SSSR count). The van der Waals surface area contributed by atoms with Gasteiger partial charge in [0.05, 0.1) is 12.0 Å². The fraction of sp³-hybridized carbons (Fsp3) is 0.857. The van der Waals surface area contributed by atoms with Gasteiger partial charge in [-0.2, -0.15) is 0 Å². The summed E-state index contributed by atoms with van der Waals surface area (Å²) in [6, 6.07) is 0. The smallest absolute Gasteiger partial charge is 0.311 e. The summed E-state index contributed by atoms with van der Waals surface area (Å²) in [7, 11) is 0. The maximum Gasteiger partial charge on any atom is 0.311 e. The van der Waals surface area contributed by atoms with Crippen molar-refractivity contribution in [3.05, 3.63) is 0 Å². The standard InChI is InChI=1S/C14H26O4/c1-6-8-9-18-12(17)13(3,4)10-14(5,7-2)11(15)16/h6-10H2,1-5H3,(H,15,16)/p-1. The summed E-state index contributed by atoms with van der Waals surface area (Å²) < 4.78 is 5.17. The van der Waals surface area contributed by atoms with E-state index in [1.165, 1.54) is 0 Å². The molecule has 1 unspecified atom stereocenters. The molecule has 0 aromatic rings. The van der Waals surface area contributed by atoms with Crippen molar-refractivity contribution in [3.8, 4) is 0 Å². The summed E-state index contributed by atoms with van der Waals surface area (Å²) in [6.07, 6.45) is 2.44. The van der Waals surface area contributed by atoms with Crippen molar-refractivity contribution in [2.24, 2.45) is 10.8 Å². The number of aliphatic carboxylic acids is 1. The van der Waals surface area contributed by atoms with E-state index in [0.717, 1.165) is 12.8 Å². The van der Waals surface area contributed by atoms with E-state index in [0.29, 0.717) is 13.0 Å². The highest BCUT2D eigenvalue weighted by Crippen LogP contribution is 2.37. The Bertz CT molecular complexity index is 296. The number of unbranched alkanes of at least 4 members (excludes halogenated alkanes) is 1. The summed E-state index contributed by atoms with van der Waals surface area (Å²) in [6.45, 7) is 9.25. The van der Waals surface area contributed by atoms with Crippen LogP contribution in [0.5, 0.6) is 0 Å². The molecule has 0 heterocycles. The number of carboxylic acids is 1. The van der Waals surface area contributed by atoms with Gasteiger partial charge in [-0.1, -0.05) is 27.2 Å². The van der Waals surface area contributed by atoms with Gasteiger partial charge in [0.15, 0.2) is 0 Å². The molecule has 0 aromatic carbocycles. The lowest BCUT2D eigenvalue weighted by Gasteiger charge is -2.36. The predicted molar refractivity (Wildman–Crippen MR) is 67.7 cm³/mol. The number of carbonyl (C=O) groups is 2. The first kappa shape index (κ1) is 16.9. The maximum absolute atomic E-state index is 11.9. The number of rotatable bonds is 8. The molecule has 0 radical (unpaired) electrons. The van der Waals surface area contributed by atoms with Gasteiger partial charge in [-0.05, 0) is 33.1 Å². The molecule has 0 aliphatic heterocycles. The van der Waals surface area contributed by atoms with Gasteiger partial charge in [0, 0.05) is 11.4 Å². The Morgan fingerprint density at radius 2 is 1.72 bits per heavy atom. The second kappa shape index (κ2) is 6.76. The molecule has 0 aliphatic rings. The van der Waals surface area contributed by atoms with Gasteiger partial charge in [0.1, 0.15) is 0 Å². The van der Waals surface area contributed by atoms with Gasteiger partial charge < -0.3 is 14.6 Å². The normalized spacial score (nSPS) is 14.9. The summed E-state index contributed by atoms with van der Waals surface area (Å²) in [5.41, 5.74) is -1.80. The van der Waals surface area contributed by atoms with Crippen molar-refractivity contribution in [2.75, 3.05) is 6.61 Å². The molecular weight excluding hydrogens is 232 g/mol. The highest BCUT2D eigenvalue weighted by atomic mass is 16.5. The van der Waals surface area contributed by atoms with Gasteiger partial charge >= 0.3 is 5.97 Å². The van der Waals surface area contributed by atoms with Crippen LogP contribution in [-0.2, 0) is 14.3 Å². The van der Waals surface area contributed by atoms with Crippen molar-refractivity contribution in [3.63, 3.8) is 0 Å². The van der Waals surface area contributed by atoms with E-state index in [2.05, 4.69) is 0 Å². The molecule has 0 spiro atoms. The molecule has 0 aliphatic carbocycles. The molecule has 0 aromatic heterocycles. The average molecular weight is 257 g/mol. The van der Waals surface area contributed by atoms with Crippen LogP contribution in [0, 0.1) is 10.8 Å². The number of ether oxygens (including phenoxy) is 1. The summed E-state index contributed by atoms with van der Waals surface area (Å²) in [5, 5.41) is 11.1. The van der Waals surface area contributed by atoms with Crippen LogP contribution in [0.2, 0.25) is 0 Å². The van der Waals surface area contributed by atoms with Crippen LogP contribution in [0.4, 0.5) is 0 Å². The first-order chi connectivity index (χ1) is 8.19. The van der Waals surface area contributed by atoms with Crippen molar-refractivity contribution in [1.29, 1.82) is 0 Å². The monoisotopic (exact) mass is 257 g/mol. The van der Waals surface area contributed by atoms with E-state index in [4.69, 9.17) is 4.74 Å². The lowest BCUT2D eigenvalue weighted by Crippen LogP contribution is -2.44. The van der Waals surface area contributed by atoms with Crippen LogP contribution in [0.15, 0.2) is 0 Å². The Morgan fingerprint density at radius 1 is 1.17 bits per heavy atom. The van der Waals surface area contributed by atoms with E-state index in [1.54, 1.807) is 27.7 Å². The number of hydrogen-bond acceptors (Lipinski definition) is 4. The van der Waals surface area contributed by atoms with Crippen molar-refractivity contribution in [2.45, 2.75) is 60.3 Å². The Hall–Kier alpha value is -1.06. The number of hydrogen-bond donors (Lipinski definition) is 0. The van der Waals surface area contributed by atoms with E-state index in [1.807, 2.05) is 6.92 Å². The SMILES string of the molecule is CCCCOC(=O)C(C)(C)CC(C)(CC)C(=O)[O-]. The average Bonchev–Trinajstić information content (AvgIpc) is 2.28. The molecule has 0 saturated heterocycles. The third-order valence-electron chi connectivity index (χ3n) is 3.39. The second-order valence-corrected chi connectivity index (χ2v) is 5.75. The predicted octanol–water partition coefficient (Wildman–Crippen LogP) is 1.91. The van der Waals surface area contributed by atoms with E-state index < -0.39 is 16.8 Å². The molecule has 4 heteroatoms. The van der Waals surface area contributed by atoms with Gasteiger partial charge in [-0.25, -0.2) is 0 Å². The summed E-state index contributed by atoms with van der Waals surface area (Å²) in [5.74, 6) is -1.45. The number of esters is 1. The fourth-order valence-electron chi connectivity index (χ4n) is 1.89. The molecule has 1 atom stereocenters. The van der Waals surface area contributed by atoms with Crippen LogP contribution >= 0.6 is 0 Å². The zero-order valence-electron chi connectivity index (χ0n) is 12.2. The molecule has 0 amide bonds. The van der Waals surface area contributed by atoms with E-state index in [-0.39, 0.29) is 12.4 Å². The highest BCUT2D eigenvalue weighted by molar-refractivity contribution is 5.78. The van der Waals surface area contributed by atoms with Crippen molar-refractivity contribution >= 4 is 11.9 Å². The van der Waals surface area contributed by atoms with Gasteiger partial charge in [0.2, 0.25) is 0 Å². The van der Waals surface area contributed by atoms with Crippen molar-refractivity contribution < 1.29 is 19.4 Å².